The molecule has 112 valence electrons. The van der Waals surface area contributed by atoms with Gasteiger partial charge in [-0.05, 0) is 26.1 Å². The Balaban J connectivity index is 1.91. The normalized spacial score (nSPS) is 24.6. The zero-order valence-electron chi connectivity index (χ0n) is 12.5. The first-order chi connectivity index (χ1) is 9.47. The van der Waals surface area contributed by atoms with Crippen molar-refractivity contribution in [2.75, 3.05) is 33.2 Å². The predicted molar refractivity (Wildman–Crippen MR) is 76.9 cm³/mol. The van der Waals surface area contributed by atoms with Crippen molar-refractivity contribution < 1.29 is 9.50 Å². The minimum Gasteiger partial charge on any atom is -0.386 e. The number of halogens is 1. The molecule has 5 heteroatoms. The first-order valence-corrected chi connectivity index (χ1v) is 7.19. The highest BCUT2D eigenvalue weighted by Gasteiger charge is 2.25. The van der Waals surface area contributed by atoms with Crippen LogP contribution in [0.2, 0.25) is 0 Å². The molecule has 0 radical (unpaired) electrons. The van der Waals surface area contributed by atoms with Crippen molar-refractivity contribution in [1.29, 1.82) is 0 Å². The minimum atomic E-state index is -0.648. The molecule has 3 unspecified atom stereocenters. The maximum atomic E-state index is 12.8. The van der Waals surface area contributed by atoms with Crippen LogP contribution in [-0.2, 0) is 0 Å². The summed E-state index contributed by atoms with van der Waals surface area (Å²) in [5.74, 6) is -0.301. The van der Waals surface area contributed by atoms with E-state index < -0.39 is 6.10 Å². The molecule has 1 N–H and O–H groups in total. The van der Waals surface area contributed by atoms with E-state index in [0.717, 1.165) is 32.4 Å². The summed E-state index contributed by atoms with van der Waals surface area (Å²) in [6.07, 6.45) is 0.508. The van der Waals surface area contributed by atoms with Gasteiger partial charge in [-0.1, -0.05) is 6.92 Å². The van der Waals surface area contributed by atoms with Gasteiger partial charge in [-0.2, -0.15) is 0 Å². The summed E-state index contributed by atoms with van der Waals surface area (Å²) in [4.78, 5) is 8.69. The van der Waals surface area contributed by atoms with Crippen LogP contribution >= 0.6 is 0 Å². The number of piperazine rings is 1. The van der Waals surface area contributed by atoms with Gasteiger partial charge in [0.05, 0.1) is 18.0 Å². The van der Waals surface area contributed by atoms with Crippen LogP contribution in [0.1, 0.15) is 25.6 Å². The van der Waals surface area contributed by atoms with Gasteiger partial charge in [-0.25, -0.2) is 4.39 Å². The van der Waals surface area contributed by atoms with Crippen LogP contribution in [0.5, 0.6) is 0 Å². The van der Waals surface area contributed by atoms with Gasteiger partial charge in [0.15, 0.2) is 0 Å². The third kappa shape index (κ3) is 3.75. The number of hydrogen-bond acceptors (Lipinski definition) is 4. The molecule has 0 saturated carbocycles. The van der Waals surface area contributed by atoms with Crippen LogP contribution in [-0.4, -0.2) is 59.2 Å². The standard InChI is InChI=1S/C15H24FN3O/c1-11(9-19-7-6-18(3)12(2)10-19)15(20)14-5-4-13(16)8-17-14/h4-5,8,11-12,15,20H,6-7,9-10H2,1-3H3. The first-order valence-electron chi connectivity index (χ1n) is 7.19. The molecule has 0 bridgehead atoms. The Morgan fingerprint density at radius 2 is 2.20 bits per heavy atom. The van der Waals surface area contributed by atoms with Crippen molar-refractivity contribution in [3.8, 4) is 0 Å². The molecular formula is C15H24FN3O. The number of pyridine rings is 1. The van der Waals surface area contributed by atoms with Crippen molar-refractivity contribution in [3.05, 3.63) is 29.8 Å². The molecule has 1 fully saturated rings. The summed E-state index contributed by atoms with van der Waals surface area (Å²) in [7, 11) is 2.14. The Morgan fingerprint density at radius 3 is 2.80 bits per heavy atom. The number of rotatable bonds is 4. The summed E-state index contributed by atoms with van der Waals surface area (Å²) in [5.41, 5.74) is 0.543. The molecule has 0 aliphatic carbocycles. The molecule has 20 heavy (non-hydrogen) atoms. The quantitative estimate of drug-likeness (QED) is 0.908. The molecule has 1 aliphatic heterocycles. The molecule has 0 amide bonds. The summed E-state index contributed by atoms with van der Waals surface area (Å²) in [6.45, 7) is 8.16. The largest absolute Gasteiger partial charge is 0.386 e. The summed E-state index contributed by atoms with van der Waals surface area (Å²) in [6, 6.07) is 3.44. The number of aromatic nitrogens is 1. The van der Waals surface area contributed by atoms with E-state index in [4.69, 9.17) is 0 Å². The van der Waals surface area contributed by atoms with Crippen LogP contribution in [0.3, 0.4) is 0 Å². The molecule has 0 aromatic carbocycles. The smallest absolute Gasteiger partial charge is 0.141 e. The monoisotopic (exact) mass is 281 g/mol. The van der Waals surface area contributed by atoms with Crippen molar-refractivity contribution >= 4 is 0 Å². The van der Waals surface area contributed by atoms with E-state index >= 15 is 0 Å². The molecule has 0 spiro atoms. The summed E-state index contributed by atoms with van der Waals surface area (Å²) < 4.78 is 12.8. The third-order valence-electron chi connectivity index (χ3n) is 4.18. The van der Waals surface area contributed by atoms with E-state index in [1.165, 1.54) is 6.07 Å². The highest BCUT2D eigenvalue weighted by Crippen LogP contribution is 2.22. The Labute approximate surface area is 120 Å². The second-order valence-corrected chi connectivity index (χ2v) is 5.91. The zero-order valence-corrected chi connectivity index (χ0v) is 12.5. The van der Waals surface area contributed by atoms with Crippen LogP contribution in [0.15, 0.2) is 18.3 Å². The molecule has 3 atom stereocenters. The van der Waals surface area contributed by atoms with E-state index in [1.807, 2.05) is 6.92 Å². The van der Waals surface area contributed by atoms with Gasteiger partial charge in [-0.3, -0.25) is 4.98 Å². The Hall–Kier alpha value is -1.04. The lowest BCUT2D eigenvalue weighted by atomic mass is 10.00. The number of hydrogen-bond donors (Lipinski definition) is 1. The van der Waals surface area contributed by atoms with Crippen molar-refractivity contribution in [2.45, 2.75) is 26.0 Å². The average Bonchev–Trinajstić information content (AvgIpc) is 2.43. The maximum Gasteiger partial charge on any atom is 0.141 e. The topological polar surface area (TPSA) is 39.6 Å². The molecular weight excluding hydrogens is 257 g/mol. The fraction of sp³-hybridized carbons (Fsp3) is 0.667. The van der Waals surface area contributed by atoms with Crippen molar-refractivity contribution in [2.24, 2.45) is 5.92 Å². The van der Waals surface area contributed by atoms with E-state index in [2.05, 4.69) is 28.8 Å². The van der Waals surface area contributed by atoms with Gasteiger partial charge in [0.1, 0.15) is 5.82 Å². The zero-order chi connectivity index (χ0) is 14.7. The van der Waals surface area contributed by atoms with Crippen molar-refractivity contribution in [1.82, 2.24) is 14.8 Å². The van der Waals surface area contributed by atoms with Gasteiger partial charge in [0.2, 0.25) is 0 Å². The number of likely N-dealkylation sites (N-methyl/N-ethyl adjacent to an activating group) is 1. The van der Waals surface area contributed by atoms with E-state index in [9.17, 15) is 9.50 Å². The molecule has 1 aromatic heterocycles. The van der Waals surface area contributed by atoms with Crippen LogP contribution in [0, 0.1) is 11.7 Å². The van der Waals surface area contributed by atoms with Gasteiger partial charge in [-0.15, -0.1) is 0 Å². The first kappa shape index (κ1) is 15.4. The van der Waals surface area contributed by atoms with E-state index in [1.54, 1.807) is 6.07 Å². The number of nitrogens with zero attached hydrogens (tertiary/aromatic N) is 3. The Bertz CT molecular complexity index is 426. The SMILES string of the molecule is CC(CN1CCN(C)C(C)C1)C(O)c1ccc(F)cn1. The van der Waals surface area contributed by atoms with Crippen LogP contribution < -0.4 is 0 Å². The van der Waals surface area contributed by atoms with Crippen molar-refractivity contribution in [3.63, 3.8) is 0 Å². The highest BCUT2D eigenvalue weighted by atomic mass is 19.1. The maximum absolute atomic E-state index is 12.8. The van der Waals surface area contributed by atoms with Crippen LogP contribution in [0.25, 0.3) is 0 Å². The van der Waals surface area contributed by atoms with Gasteiger partial charge in [0, 0.05) is 38.1 Å². The lowest BCUT2D eigenvalue weighted by Crippen LogP contribution is -2.51. The van der Waals surface area contributed by atoms with Gasteiger partial charge >= 0.3 is 0 Å². The Morgan fingerprint density at radius 1 is 1.45 bits per heavy atom. The fourth-order valence-electron chi connectivity index (χ4n) is 2.65. The second-order valence-electron chi connectivity index (χ2n) is 5.91. The minimum absolute atomic E-state index is 0.0727. The number of aliphatic hydroxyl groups is 1. The molecule has 1 aliphatic rings. The van der Waals surface area contributed by atoms with E-state index in [0.29, 0.717) is 11.7 Å². The lowest BCUT2D eigenvalue weighted by molar-refractivity contribution is 0.0510. The van der Waals surface area contributed by atoms with E-state index in [-0.39, 0.29) is 11.7 Å². The van der Waals surface area contributed by atoms with Crippen LogP contribution in [0.4, 0.5) is 4.39 Å². The molecule has 2 heterocycles. The second kappa shape index (κ2) is 6.61. The van der Waals surface area contributed by atoms with Gasteiger partial charge < -0.3 is 14.9 Å². The average molecular weight is 281 g/mol. The third-order valence-corrected chi connectivity index (χ3v) is 4.18. The van der Waals surface area contributed by atoms with Gasteiger partial charge in [0.25, 0.3) is 0 Å². The molecule has 2 rings (SSSR count). The number of aliphatic hydroxyl groups excluding tert-OH is 1. The fourth-order valence-corrected chi connectivity index (χ4v) is 2.65. The summed E-state index contributed by atoms with van der Waals surface area (Å²) >= 11 is 0. The molecule has 1 aromatic rings. The molecule has 1 saturated heterocycles. The lowest BCUT2D eigenvalue weighted by Gasteiger charge is -2.39. The highest BCUT2D eigenvalue weighted by molar-refractivity contribution is 5.09. The summed E-state index contributed by atoms with van der Waals surface area (Å²) in [5, 5.41) is 10.3. The Kier molecular flexibility index (Phi) is 5.07. The predicted octanol–water partition coefficient (Wildman–Crippen LogP) is 1.53. The molecule has 4 nitrogen and oxygen atoms in total.